The van der Waals surface area contributed by atoms with E-state index in [1.54, 1.807) is 48.5 Å². The second-order valence-corrected chi connectivity index (χ2v) is 11.7. The number of hydrogen-bond donors (Lipinski definition) is 4. The fourth-order valence-corrected chi connectivity index (χ4v) is 6.64. The minimum absolute atomic E-state index is 0.216. The third-order valence-electron chi connectivity index (χ3n) is 9.31. The lowest BCUT2D eigenvalue weighted by Gasteiger charge is -2.35. The van der Waals surface area contributed by atoms with Crippen molar-refractivity contribution >= 4 is 0 Å². The van der Waals surface area contributed by atoms with Crippen LogP contribution in [0.1, 0.15) is 53.6 Å². The van der Waals surface area contributed by atoms with Crippen LogP contribution in [0.25, 0.3) is 11.1 Å². The Bertz CT molecular complexity index is 1780. The molecule has 0 aromatic heterocycles. The molecule has 0 saturated heterocycles. The van der Waals surface area contributed by atoms with Crippen molar-refractivity contribution in [1.29, 1.82) is 0 Å². The van der Waals surface area contributed by atoms with Crippen molar-refractivity contribution in [2.45, 2.75) is 31.1 Å². The molecule has 0 aliphatic rings. The first kappa shape index (κ1) is 29.6. The molecule has 45 heavy (non-hydrogen) atoms. The van der Waals surface area contributed by atoms with E-state index in [-0.39, 0.29) is 23.0 Å². The zero-order valence-corrected chi connectivity index (χ0v) is 25.4. The average Bonchev–Trinajstić information content (AvgIpc) is 3.07. The van der Waals surface area contributed by atoms with E-state index in [1.165, 1.54) is 0 Å². The average molecular weight is 593 g/mol. The maximum Gasteiger partial charge on any atom is 0.115 e. The van der Waals surface area contributed by atoms with Gasteiger partial charge in [0.1, 0.15) is 23.0 Å². The third-order valence-corrected chi connectivity index (χ3v) is 9.31. The summed E-state index contributed by atoms with van der Waals surface area (Å²) in [6.45, 7) is 4.32. The lowest BCUT2D eigenvalue weighted by Crippen LogP contribution is -2.28. The van der Waals surface area contributed by atoms with Crippen LogP contribution >= 0.6 is 0 Å². The summed E-state index contributed by atoms with van der Waals surface area (Å²) in [4.78, 5) is 0. The summed E-state index contributed by atoms with van der Waals surface area (Å²) in [6.07, 6.45) is 0.781. The first-order valence-electron chi connectivity index (χ1n) is 15.1. The molecule has 0 aliphatic carbocycles. The molecule has 0 amide bonds. The predicted molar refractivity (Wildman–Crippen MR) is 180 cm³/mol. The molecule has 0 saturated carbocycles. The van der Waals surface area contributed by atoms with E-state index in [4.69, 9.17) is 0 Å². The largest absolute Gasteiger partial charge is 0.508 e. The highest BCUT2D eigenvalue weighted by Crippen LogP contribution is 2.44. The van der Waals surface area contributed by atoms with Crippen molar-refractivity contribution in [3.63, 3.8) is 0 Å². The Morgan fingerprint density at radius 3 is 0.844 bits per heavy atom. The van der Waals surface area contributed by atoms with Crippen molar-refractivity contribution < 1.29 is 20.4 Å². The molecule has 0 unspecified atom stereocenters. The summed E-state index contributed by atoms with van der Waals surface area (Å²) >= 11 is 0. The highest BCUT2D eigenvalue weighted by molar-refractivity contribution is 5.66. The summed E-state index contributed by atoms with van der Waals surface area (Å²) in [6, 6.07) is 46.6. The van der Waals surface area contributed by atoms with Gasteiger partial charge in [-0.15, -0.1) is 0 Å². The molecule has 0 radical (unpaired) electrons. The fraction of sp³-hybridized carbons (Fsp3) is 0.122. The van der Waals surface area contributed by atoms with Gasteiger partial charge in [-0.1, -0.05) is 104 Å². The number of hydrogen-bond acceptors (Lipinski definition) is 4. The van der Waals surface area contributed by atoms with Gasteiger partial charge in [0.15, 0.2) is 0 Å². The van der Waals surface area contributed by atoms with Gasteiger partial charge in [-0.2, -0.15) is 0 Å². The van der Waals surface area contributed by atoms with Crippen LogP contribution in [0.4, 0.5) is 0 Å². The summed E-state index contributed by atoms with van der Waals surface area (Å²) in [5.41, 5.74) is 7.58. The fourth-order valence-electron chi connectivity index (χ4n) is 6.64. The predicted octanol–water partition coefficient (Wildman–Crippen LogP) is 9.27. The molecule has 0 bridgehead atoms. The zero-order valence-electron chi connectivity index (χ0n) is 25.4. The molecule has 6 aromatic rings. The number of phenolic OH excluding ortho intramolecular Hbond substituents is 4. The Balaban J connectivity index is 1.38. The van der Waals surface area contributed by atoms with Crippen molar-refractivity contribution in [3.8, 4) is 34.1 Å². The van der Waals surface area contributed by atoms with E-state index in [0.717, 1.165) is 50.9 Å². The Kier molecular flexibility index (Phi) is 7.82. The van der Waals surface area contributed by atoms with Crippen LogP contribution in [0.15, 0.2) is 146 Å². The normalized spacial score (nSPS) is 11.8. The Hall–Kier alpha value is -5.48. The first-order chi connectivity index (χ1) is 21.7. The minimum atomic E-state index is -0.515. The monoisotopic (exact) mass is 592 g/mol. The molecule has 4 heteroatoms. The first-order valence-corrected chi connectivity index (χ1v) is 15.1. The van der Waals surface area contributed by atoms with E-state index in [9.17, 15) is 20.4 Å². The highest BCUT2D eigenvalue weighted by Gasteiger charge is 2.35. The van der Waals surface area contributed by atoms with Gasteiger partial charge in [-0.25, -0.2) is 0 Å². The van der Waals surface area contributed by atoms with Crippen LogP contribution in [0.5, 0.6) is 23.0 Å². The summed E-state index contributed by atoms with van der Waals surface area (Å²) in [7, 11) is 0. The molecule has 0 aliphatic heterocycles. The zero-order chi connectivity index (χ0) is 31.6. The van der Waals surface area contributed by atoms with Gasteiger partial charge < -0.3 is 20.4 Å². The van der Waals surface area contributed by atoms with E-state index in [2.05, 4.69) is 62.4 Å². The van der Waals surface area contributed by atoms with Crippen LogP contribution in [-0.2, 0) is 10.8 Å². The molecule has 6 aromatic carbocycles. The number of phenols is 4. The molecular formula is C41H36O4. The van der Waals surface area contributed by atoms with E-state index in [1.807, 2.05) is 48.5 Å². The van der Waals surface area contributed by atoms with Crippen LogP contribution < -0.4 is 0 Å². The summed E-state index contributed by atoms with van der Waals surface area (Å²) < 4.78 is 0. The van der Waals surface area contributed by atoms with Crippen molar-refractivity contribution in [2.24, 2.45) is 0 Å². The third kappa shape index (κ3) is 5.40. The van der Waals surface area contributed by atoms with E-state index in [0.29, 0.717) is 0 Å². The number of rotatable bonds is 8. The van der Waals surface area contributed by atoms with Crippen LogP contribution in [0.3, 0.4) is 0 Å². The van der Waals surface area contributed by atoms with Gasteiger partial charge in [-0.3, -0.25) is 0 Å². The van der Waals surface area contributed by atoms with Crippen LogP contribution in [0.2, 0.25) is 0 Å². The molecule has 4 N–H and O–H groups in total. The van der Waals surface area contributed by atoms with Gasteiger partial charge in [0.05, 0.1) is 0 Å². The topological polar surface area (TPSA) is 80.9 Å². The van der Waals surface area contributed by atoms with Crippen LogP contribution in [-0.4, -0.2) is 20.4 Å². The summed E-state index contributed by atoms with van der Waals surface area (Å²) in [5, 5.41) is 39.9. The standard InChI is InChI=1S/C41H36O4/c1-3-41(34-16-24-38(44)25-17-34,35-18-26-39(45)27-19-35)33-10-6-29(7-11-33)28-4-8-30(9-5-28)40(2,31-12-20-36(42)21-13-31)32-14-22-37(43)23-15-32/h4-27,42-45H,3H2,1-2H3. The van der Waals surface area contributed by atoms with Gasteiger partial charge in [0.25, 0.3) is 0 Å². The van der Waals surface area contributed by atoms with E-state index >= 15 is 0 Å². The highest BCUT2D eigenvalue weighted by atomic mass is 16.3. The smallest absolute Gasteiger partial charge is 0.115 e. The van der Waals surface area contributed by atoms with Crippen LogP contribution in [0, 0.1) is 0 Å². The molecule has 0 atom stereocenters. The second kappa shape index (κ2) is 11.9. The van der Waals surface area contributed by atoms with Crippen molar-refractivity contribution in [1.82, 2.24) is 0 Å². The van der Waals surface area contributed by atoms with Gasteiger partial charge in [0, 0.05) is 10.8 Å². The molecular weight excluding hydrogens is 556 g/mol. The molecule has 6 rings (SSSR count). The molecule has 0 spiro atoms. The quantitative estimate of drug-likeness (QED) is 0.133. The van der Waals surface area contributed by atoms with Gasteiger partial charge in [-0.05, 0) is 106 Å². The Morgan fingerprint density at radius 2 is 0.578 bits per heavy atom. The van der Waals surface area contributed by atoms with Gasteiger partial charge >= 0.3 is 0 Å². The maximum atomic E-state index is 10.0. The lowest BCUT2D eigenvalue weighted by molar-refractivity contribution is 0.472. The SMILES string of the molecule is CCC(c1ccc(O)cc1)(c1ccc(O)cc1)c1ccc(-c2ccc(C(C)(c3ccc(O)cc3)c3ccc(O)cc3)cc2)cc1. The minimum Gasteiger partial charge on any atom is -0.508 e. The second-order valence-electron chi connectivity index (χ2n) is 11.7. The Morgan fingerprint density at radius 1 is 0.356 bits per heavy atom. The Labute approximate surface area is 264 Å². The number of aromatic hydroxyl groups is 4. The van der Waals surface area contributed by atoms with Crippen molar-refractivity contribution in [2.75, 3.05) is 0 Å². The molecule has 0 fully saturated rings. The molecule has 224 valence electrons. The molecule has 0 heterocycles. The maximum absolute atomic E-state index is 10.0. The van der Waals surface area contributed by atoms with Gasteiger partial charge in [0.2, 0.25) is 0 Å². The summed E-state index contributed by atoms with van der Waals surface area (Å²) in [5.74, 6) is 0.877. The number of benzene rings is 6. The van der Waals surface area contributed by atoms with E-state index < -0.39 is 10.8 Å². The molecule has 4 nitrogen and oxygen atoms in total. The lowest BCUT2D eigenvalue weighted by atomic mass is 9.67. The van der Waals surface area contributed by atoms with Crippen molar-refractivity contribution in [3.05, 3.63) is 179 Å².